The molecule has 0 radical (unpaired) electrons. The Morgan fingerprint density at radius 2 is 1.78 bits per heavy atom. The second-order valence-corrected chi connectivity index (χ2v) is 7.33. The van der Waals surface area contributed by atoms with E-state index in [1.807, 2.05) is 41.8 Å². The van der Waals surface area contributed by atoms with Crippen LogP contribution in [0.3, 0.4) is 0 Å². The van der Waals surface area contributed by atoms with Crippen molar-refractivity contribution in [2.24, 2.45) is 0 Å². The van der Waals surface area contributed by atoms with E-state index in [-0.39, 0.29) is 5.75 Å². The monoisotopic (exact) mass is 382 g/mol. The molecule has 0 fully saturated rings. The highest BCUT2D eigenvalue weighted by atomic mass is 32.1. The highest BCUT2D eigenvalue weighted by Gasteiger charge is 2.08. The molecule has 2 N–H and O–H groups in total. The highest BCUT2D eigenvalue weighted by Crippen LogP contribution is 2.32. The third kappa shape index (κ3) is 5.73. The van der Waals surface area contributed by atoms with E-state index in [2.05, 4.69) is 17.2 Å². The Morgan fingerprint density at radius 1 is 1.00 bits per heavy atom. The summed E-state index contributed by atoms with van der Waals surface area (Å²) in [6.45, 7) is 3.00. The predicted molar refractivity (Wildman–Crippen MR) is 113 cm³/mol. The molecule has 2 aromatic carbocycles. The number of phenols is 1. The molecule has 0 saturated heterocycles. The Balaban J connectivity index is 1.51. The van der Waals surface area contributed by atoms with Gasteiger partial charge in [-0.05, 0) is 42.8 Å². The zero-order valence-corrected chi connectivity index (χ0v) is 16.5. The maximum absolute atomic E-state index is 9.95. The van der Waals surface area contributed by atoms with Crippen molar-refractivity contribution in [1.82, 2.24) is 4.98 Å². The maximum Gasteiger partial charge on any atom is 0.187 e. The standard InChI is InChI=1S/C22H26N2O2S/c1-2-3-4-5-8-15-26-18-13-11-17(12-14-18)23-22-24-20(16-27-22)19-9-6-7-10-21(19)25/h6-7,9-14,16,25H,2-5,8,15H2,1H3,(H,23,24). The van der Waals surface area contributed by atoms with Gasteiger partial charge in [0.1, 0.15) is 11.5 Å². The minimum Gasteiger partial charge on any atom is -0.507 e. The second kappa shape index (κ2) is 9.97. The van der Waals surface area contributed by atoms with E-state index >= 15 is 0 Å². The molecule has 0 saturated carbocycles. The molecule has 3 aromatic rings. The van der Waals surface area contributed by atoms with Gasteiger partial charge in [-0.3, -0.25) is 0 Å². The first-order valence-electron chi connectivity index (χ1n) is 9.50. The Morgan fingerprint density at radius 3 is 2.56 bits per heavy atom. The molecule has 1 heterocycles. The molecule has 1 aromatic heterocycles. The quantitative estimate of drug-likeness (QED) is 0.387. The summed E-state index contributed by atoms with van der Waals surface area (Å²) < 4.78 is 5.80. The first kappa shape index (κ1) is 19.2. The summed E-state index contributed by atoms with van der Waals surface area (Å²) >= 11 is 1.51. The number of aromatic nitrogens is 1. The SMILES string of the molecule is CCCCCCCOc1ccc(Nc2nc(-c3ccccc3O)cs2)cc1. The van der Waals surface area contributed by atoms with Crippen LogP contribution in [-0.2, 0) is 0 Å². The van der Waals surface area contributed by atoms with Crippen LogP contribution in [0.4, 0.5) is 10.8 Å². The van der Waals surface area contributed by atoms with Gasteiger partial charge in [-0.1, -0.05) is 44.7 Å². The van der Waals surface area contributed by atoms with E-state index in [0.717, 1.165) is 40.9 Å². The summed E-state index contributed by atoms with van der Waals surface area (Å²) in [5.74, 6) is 1.13. The first-order chi connectivity index (χ1) is 13.3. The maximum atomic E-state index is 9.95. The molecular formula is C22H26N2O2S. The molecule has 4 nitrogen and oxygen atoms in total. The minimum absolute atomic E-state index is 0.241. The lowest BCUT2D eigenvalue weighted by molar-refractivity contribution is 0.304. The first-order valence-corrected chi connectivity index (χ1v) is 10.4. The van der Waals surface area contributed by atoms with E-state index in [1.165, 1.54) is 37.0 Å². The number of phenolic OH excluding ortho intramolecular Hbond substituents is 1. The number of nitrogens with one attached hydrogen (secondary N) is 1. The minimum atomic E-state index is 0.241. The zero-order chi connectivity index (χ0) is 18.9. The fraction of sp³-hybridized carbons (Fsp3) is 0.318. The highest BCUT2D eigenvalue weighted by molar-refractivity contribution is 7.14. The third-order valence-corrected chi connectivity index (χ3v) is 5.06. The molecule has 0 aliphatic carbocycles. The van der Waals surface area contributed by atoms with Crippen molar-refractivity contribution in [2.45, 2.75) is 39.0 Å². The van der Waals surface area contributed by atoms with E-state index in [0.29, 0.717) is 0 Å². The topological polar surface area (TPSA) is 54.4 Å². The van der Waals surface area contributed by atoms with Crippen molar-refractivity contribution in [3.05, 3.63) is 53.9 Å². The number of unbranched alkanes of at least 4 members (excludes halogenated alkanes) is 4. The lowest BCUT2D eigenvalue weighted by atomic mass is 10.1. The van der Waals surface area contributed by atoms with Crippen LogP contribution in [0.5, 0.6) is 11.5 Å². The second-order valence-electron chi connectivity index (χ2n) is 6.47. The van der Waals surface area contributed by atoms with Gasteiger partial charge in [-0.2, -0.15) is 0 Å². The smallest absolute Gasteiger partial charge is 0.187 e. The molecule has 0 atom stereocenters. The fourth-order valence-corrected chi connectivity index (χ4v) is 3.53. The van der Waals surface area contributed by atoms with Crippen LogP contribution in [0.15, 0.2) is 53.9 Å². The number of thiazole rings is 1. The fourth-order valence-electron chi connectivity index (χ4n) is 2.80. The summed E-state index contributed by atoms with van der Waals surface area (Å²) in [4.78, 5) is 4.56. The lowest BCUT2D eigenvalue weighted by Gasteiger charge is -2.07. The van der Waals surface area contributed by atoms with Crippen LogP contribution in [0.2, 0.25) is 0 Å². The van der Waals surface area contributed by atoms with Gasteiger partial charge >= 0.3 is 0 Å². The van der Waals surface area contributed by atoms with Crippen LogP contribution in [0.25, 0.3) is 11.3 Å². The number of rotatable bonds is 10. The summed E-state index contributed by atoms with van der Waals surface area (Å²) in [6, 6.07) is 15.2. The Labute approximate surface area is 164 Å². The van der Waals surface area contributed by atoms with Crippen molar-refractivity contribution < 1.29 is 9.84 Å². The average Bonchev–Trinajstić information content (AvgIpc) is 3.14. The predicted octanol–water partition coefficient (Wildman–Crippen LogP) is 6.61. The number of aromatic hydroxyl groups is 1. The van der Waals surface area contributed by atoms with Crippen LogP contribution in [0, 0.1) is 0 Å². The molecule has 3 rings (SSSR count). The van der Waals surface area contributed by atoms with Crippen LogP contribution in [-0.4, -0.2) is 16.7 Å². The molecule has 0 bridgehead atoms. The number of hydrogen-bond acceptors (Lipinski definition) is 5. The summed E-state index contributed by atoms with van der Waals surface area (Å²) in [7, 11) is 0. The van der Waals surface area contributed by atoms with Crippen molar-refractivity contribution in [2.75, 3.05) is 11.9 Å². The lowest BCUT2D eigenvalue weighted by Crippen LogP contribution is -1.97. The number of nitrogens with zero attached hydrogens (tertiary/aromatic N) is 1. The van der Waals surface area contributed by atoms with Crippen molar-refractivity contribution in [3.63, 3.8) is 0 Å². The molecule has 142 valence electrons. The summed E-state index contributed by atoms with van der Waals surface area (Å²) in [5, 5.41) is 16.0. The number of para-hydroxylation sites is 1. The summed E-state index contributed by atoms with van der Waals surface area (Å²) in [6.07, 6.45) is 6.20. The normalized spacial score (nSPS) is 10.7. The Kier molecular flexibility index (Phi) is 7.11. The third-order valence-electron chi connectivity index (χ3n) is 4.31. The Hall–Kier alpha value is -2.53. The van der Waals surface area contributed by atoms with E-state index in [1.54, 1.807) is 12.1 Å². The van der Waals surface area contributed by atoms with Gasteiger partial charge in [0, 0.05) is 16.6 Å². The molecule has 0 aliphatic rings. The van der Waals surface area contributed by atoms with Gasteiger partial charge in [-0.15, -0.1) is 11.3 Å². The molecule has 0 aliphatic heterocycles. The molecule has 5 heteroatoms. The summed E-state index contributed by atoms with van der Waals surface area (Å²) in [5.41, 5.74) is 2.47. The van der Waals surface area contributed by atoms with Crippen molar-refractivity contribution in [1.29, 1.82) is 0 Å². The largest absolute Gasteiger partial charge is 0.507 e. The number of hydrogen-bond donors (Lipinski definition) is 2. The van der Waals surface area contributed by atoms with Gasteiger partial charge in [0.25, 0.3) is 0 Å². The van der Waals surface area contributed by atoms with E-state index in [9.17, 15) is 5.11 Å². The van der Waals surface area contributed by atoms with Crippen LogP contribution >= 0.6 is 11.3 Å². The van der Waals surface area contributed by atoms with E-state index in [4.69, 9.17) is 4.74 Å². The van der Waals surface area contributed by atoms with Gasteiger partial charge < -0.3 is 15.2 Å². The van der Waals surface area contributed by atoms with Crippen molar-refractivity contribution >= 4 is 22.2 Å². The van der Waals surface area contributed by atoms with Crippen LogP contribution < -0.4 is 10.1 Å². The Bertz CT molecular complexity index is 830. The van der Waals surface area contributed by atoms with Crippen molar-refractivity contribution in [3.8, 4) is 22.8 Å². The average molecular weight is 383 g/mol. The number of benzene rings is 2. The molecular weight excluding hydrogens is 356 g/mol. The number of ether oxygens (including phenoxy) is 1. The zero-order valence-electron chi connectivity index (χ0n) is 15.6. The van der Waals surface area contributed by atoms with E-state index < -0.39 is 0 Å². The molecule has 0 unspecified atom stereocenters. The van der Waals surface area contributed by atoms with Gasteiger partial charge in [-0.25, -0.2) is 4.98 Å². The molecule has 0 amide bonds. The molecule has 0 spiro atoms. The molecule has 27 heavy (non-hydrogen) atoms. The van der Waals surface area contributed by atoms with Gasteiger partial charge in [0.15, 0.2) is 5.13 Å². The van der Waals surface area contributed by atoms with Gasteiger partial charge in [0.2, 0.25) is 0 Å². The van der Waals surface area contributed by atoms with Crippen LogP contribution in [0.1, 0.15) is 39.0 Å². The number of anilines is 2. The van der Waals surface area contributed by atoms with Gasteiger partial charge in [0.05, 0.1) is 12.3 Å².